The van der Waals surface area contributed by atoms with Gasteiger partial charge in [-0.25, -0.2) is 0 Å². The van der Waals surface area contributed by atoms with Gasteiger partial charge in [0.15, 0.2) is 0 Å². The van der Waals surface area contributed by atoms with E-state index in [2.05, 4.69) is 26.1 Å². The average molecular weight is 251 g/mol. The molecule has 0 bridgehead atoms. The predicted molar refractivity (Wildman–Crippen MR) is 74.8 cm³/mol. The number of hydrogen-bond donors (Lipinski definition) is 2. The van der Waals surface area contributed by atoms with E-state index in [4.69, 9.17) is 4.74 Å². The number of ether oxygens (including phenoxy) is 1. The monoisotopic (exact) mass is 251 g/mol. The normalized spacial score (nSPS) is 12.9. The smallest absolute Gasteiger partial charge is 0.115 e. The summed E-state index contributed by atoms with van der Waals surface area (Å²) in [6, 6.07) is 7.68. The Morgan fingerprint density at radius 3 is 2.39 bits per heavy atom. The zero-order valence-electron chi connectivity index (χ0n) is 11.6. The summed E-state index contributed by atoms with van der Waals surface area (Å²) in [5.41, 5.74) is 1.20. The van der Waals surface area contributed by atoms with Crippen LogP contribution in [0.15, 0.2) is 24.3 Å². The maximum Gasteiger partial charge on any atom is 0.115 e. The summed E-state index contributed by atoms with van der Waals surface area (Å²) in [4.78, 5) is 0. The van der Waals surface area contributed by atoms with E-state index in [1.54, 1.807) is 12.1 Å². The minimum atomic E-state index is 0.316. The molecule has 0 aliphatic carbocycles. The fraction of sp³-hybridized carbons (Fsp3) is 0.600. The summed E-state index contributed by atoms with van der Waals surface area (Å²) in [5.74, 6) is 0.316. The van der Waals surface area contributed by atoms with Crippen molar-refractivity contribution in [2.24, 2.45) is 0 Å². The molecule has 2 N–H and O–H groups in total. The predicted octanol–water partition coefficient (Wildman–Crippen LogP) is 3.25. The number of aromatic hydroxyl groups is 1. The van der Waals surface area contributed by atoms with E-state index in [0.717, 1.165) is 26.0 Å². The maximum atomic E-state index is 9.22. The Bertz CT molecular complexity index is 322. The third-order valence-corrected chi connectivity index (χ3v) is 2.87. The summed E-state index contributed by atoms with van der Waals surface area (Å²) >= 11 is 0. The Labute approximate surface area is 110 Å². The average Bonchev–Trinajstić information content (AvgIpc) is 2.34. The molecule has 0 heterocycles. The molecule has 0 spiro atoms. The lowest BCUT2D eigenvalue weighted by Crippen LogP contribution is -2.20. The molecule has 0 saturated heterocycles. The van der Waals surface area contributed by atoms with E-state index in [1.165, 1.54) is 5.56 Å². The van der Waals surface area contributed by atoms with Crippen molar-refractivity contribution in [3.63, 3.8) is 0 Å². The molecule has 0 radical (unpaired) electrons. The van der Waals surface area contributed by atoms with Gasteiger partial charge in [0.25, 0.3) is 0 Å². The molecule has 102 valence electrons. The van der Waals surface area contributed by atoms with Crippen molar-refractivity contribution in [1.82, 2.24) is 5.32 Å². The first-order chi connectivity index (χ1) is 8.59. The van der Waals surface area contributed by atoms with Crippen LogP contribution in [0.25, 0.3) is 0 Å². The molecule has 0 aliphatic rings. The van der Waals surface area contributed by atoms with Crippen LogP contribution in [0.3, 0.4) is 0 Å². The molecule has 0 fully saturated rings. The highest BCUT2D eigenvalue weighted by atomic mass is 16.5. The molecule has 0 amide bonds. The Morgan fingerprint density at radius 1 is 1.11 bits per heavy atom. The van der Waals surface area contributed by atoms with E-state index in [0.29, 0.717) is 17.9 Å². The molecule has 1 rings (SSSR count). The van der Waals surface area contributed by atoms with Gasteiger partial charge < -0.3 is 15.2 Å². The van der Waals surface area contributed by atoms with E-state index in [1.807, 2.05) is 12.1 Å². The highest BCUT2D eigenvalue weighted by molar-refractivity contribution is 5.27. The fourth-order valence-corrected chi connectivity index (χ4v) is 1.75. The summed E-state index contributed by atoms with van der Waals surface area (Å²) < 4.78 is 5.49. The van der Waals surface area contributed by atoms with Gasteiger partial charge in [0.2, 0.25) is 0 Å². The number of hydrogen-bond acceptors (Lipinski definition) is 3. The number of phenolic OH excluding ortho intramolecular Hbond substituents is 1. The summed E-state index contributed by atoms with van der Waals surface area (Å²) in [7, 11) is 0. The standard InChI is InChI=1S/C15H25NO2/c1-12(2)18-11-5-4-10-16-13(3)14-6-8-15(17)9-7-14/h6-9,12-13,16-17H,4-5,10-11H2,1-3H3. The van der Waals surface area contributed by atoms with Crippen molar-refractivity contribution in [3.05, 3.63) is 29.8 Å². The third kappa shape index (κ3) is 6.03. The molecule has 1 aromatic rings. The van der Waals surface area contributed by atoms with E-state index in [-0.39, 0.29) is 0 Å². The van der Waals surface area contributed by atoms with Crippen molar-refractivity contribution in [3.8, 4) is 5.75 Å². The molecule has 1 unspecified atom stereocenters. The van der Waals surface area contributed by atoms with Gasteiger partial charge in [0.1, 0.15) is 5.75 Å². The second-order valence-electron chi connectivity index (χ2n) is 4.89. The van der Waals surface area contributed by atoms with Crippen LogP contribution in [0.1, 0.15) is 45.2 Å². The lowest BCUT2D eigenvalue weighted by molar-refractivity contribution is 0.0759. The first-order valence-electron chi connectivity index (χ1n) is 6.73. The first-order valence-corrected chi connectivity index (χ1v) is 6.73. The molecular weight excluding hydrogens is 226 g/mol. The zero-order chi connectivity index (χ0) is 13.4. The van der Waals surface area contributed by atoms with Crippen molar-refractivity contribution in [2.45, 2.75) is 45.8 Å². The SMILES string of the molecule is CC(C)OCCCCNC(C)c1ccc(O)cc1. The number of rotatable bonds is 8. The van der Waals surface area contributed by atoms with Gasteiger partial charge in [0, 0.05) is 12.6 Å². The van der Waals surface area contributed by atoms with Crippen molar-refractivity contribution >= 4 is 0 Å². The first kappa shape index (κ1) is 15.0. The molecule has 0 aromatic heterocycles. The maximum absolute atomic E-state index is 9.22. The van der Waals surface area contributed by atoms with Crippen molar-refractivity contribution in [1.29, 1.82) is 0 Å². The van der Waals surface area contributed by atoms with Crippen LogP contribution >= 0.6 is 0 Å². The second kappa shape index (κ2) is 8.11. The van der Waals surface area contributed by atoms with Gasteiger partial charge in [-0.05, 0) is 57.9 Å². The second-order valence-corrected chi connectivity index (χ2v) is 4.89. The van der Waals surface area contributed by atoms with E-state index >= 15 is 0 Å². The minimum absolute atomic E-state index is 0.316. The molecule has 0 aliphatic heterocycles. The van der Waals surface area contributed by atoms with E-state index in [9.17, 15) is 5.11 Å². The van der Waals surface area contributed by atoms with Crippen LogP contribution in [-0.2, 0) is 4.74 Å². The van der Waals surface area contributed by atoms with E-state index < -0.39 is 0 Å². The molecule has 18 heavy (non-hydrogen) atoms. The van der Waals surface area contributed by atoms with Crippen LogP contribution < -0.4 is 5.32 Å². The molecule has 3 heteroatoms. The fourth-order valence-electron chi connectivity index (χ4n) is 1.75. The van der Waals surface area contributed by atoms with Crippen molar-refractivity contribution in [2.75, 3.05) is 13.2 Å². The van der Waals surface area contributed by atoms with Crippen molar-refractivity contribution < 1.29 is 9.84 Å². The summed E-state index contributed by atoms with van der Waals surface area (Å²) in [5, 5.41) is 12.7. The lowest BCUT2D eigenvalue weighted by atomic mass is 10.1. The van der Waals surface area contributed by atoms with Gasteiger partial charge >= 0.3 is 0 Å². The summed E-state index contributed by atoms with van der Waals surface area (Å²) in [6.45, 7) is 8.09. The Morgan fingerprint density at radius 2 is 1.78 bits per heavy atom. The molecular formula is C15H25NO2. The van der Waals surface area contributed by atoms with Gasteiger partial charge in [-0.3, -0.25) is 0 Å². The van der Waals surface area contributed by atoms with Gasteiger partial charge in [-0.2, -0.15) is 0 Å². The summed E-state index contributed by atoms with van der Waals surface area (Å²) in [6.07, 6.45) is 2.54. The Kier molecular flexibility index (Phi) is 6.76. The largest absolute Gasteiger partial charge is 0.508 e. The van der Waals surface area contributed by atoms with Gasteiger partial charge in [-0.1, -0.05) is 12.1 Å². The highest BCUT2D eigenvalue weighted by Gasteiger charge is 2.03. The molecule has 3 nitrogen and oxygen atoms in total. The van der Waals surface area contributed by atoms with Gasteiger partial charge in [-0.15, -0.1) is 0 Å². The number of phenols is 1. The Balaban J connectivity index is 2.13. The third-order valence-electron chi connectivity index (χ3n) is 2.87. The van der Waals surface area contributed by atoms with Crippen LogP contribution in [0.2, 0.25) is 0 Å². The van der Waals surface area contributed by atoms with Crippen LogP contribution in [0.4, 0.5) is 0 Å². The highest BCUT2D eigenvalue weighted by Crippen LogP contribution is 2.16. The minimum Gasteiger partial charge on any atom is -0.508 e. The van der Waals surface area contributed by atoms with Crippen LogP contribution in [0, 0.1) is 0 Å². The quantitative estimate of drug-likeness (QED) is 0.697. The van der Waals surface area contributed by atoms with Gasteiger partial charge in [0.05, 0.1) is 6.10 Å². The zero-order valence-corrected chi connectivity index (χ0v) is 11.6. The molecule has 0 saturated carbocycles. The molecule has 1 atom stereocenters. The van der Waals surface area contributed by atoms with Crippen LogP contribution in [0.5, 0.6) is 5.75 Å². The number of unbranched alkanes of at least 4 members (excludes halogenated alkanes) is 1. The van der Waals surface area contributed by atoms with Crippen LogP contribution in [-0.4, -0.2) is 24.4 Å². The molecule has 1 aromatic carbocycles. The number of nitrogens with one attached hydrogen (secondary N) is 1. The lowest BCUT2D eigenvalue weighted by Gasteiger charge is -2.14. The topological polar surface area (TPSA) is 41.5 Å². The number of benzene rings is 1. The Hall–Kier alpha value is -1.06.